The molecule has 1 aliphatic rings. The molecule has 0 saturated carbocycles. The molecule has 1 fully saturated rings. The van der Waals surface area contributed by atoms with Crippen LogP contribution in [-0.2, 0) is 4.79 Å². The number of amidine groups is 1. The van der Waals surface area contributed by atoms with Crippen LogP contribution in [0.3, 0.4) is 0 Å². The van der Waals surface area contributed by atoms with Crippen LogP contribution in [0, 0.1) is 6.92 Å². The molecular weight excluding hydrogens is 539 g/mol. The van der Waals surface area contributed by atoms with E-state index in [1.54, 1.807) is 23.2 Å². The summed E-state index contributed by atoms with van der Waals surface area (Å²) in [6, 6.07) is 9.46. The van der Waals surface area contributed by atoms with Crippen molar-refractivity contribution >= 4 is 51.5 Å². The molecule has 0 spiro atoms. The van der Waals surface area contributed by atoms with Crippen LogP contribution in [-0.4, -0.2) is 60.9 Å². The summed E-state index contributed by atoms with van der Waals surface area (Å²) in [7, 11) is 1.45. The zero-order valence-electron chi connectivity index (χ0n) is 21.0. The van der Waals surface area contributed by atoms with Gasteiger partial charge in [0.15, 0.2) is 0 Å². The Bertz CT molecular complexity index is 1800. The Morgan fingerprint density at radius 1 is 1.13 bits per heavy atom. The first kappa shape index (κ1) is 25.0. The molecule has 5 aromatic rings. The summed E-state index contributed by atoms with van der Waals surface area (Å²) >= 11 is 13.0. The van der Waals surface area contributed by atoms with Gasteiger partial charge in [-0.25, -0.2) is 4.98 Å². The number of nitrogens with two attached hydrogens (primary N) is 1. The van der Waals surface area contributed by atoms with Crippen molar-refractivity contribution in [1.82, 2.24) is 29.0 Å². The molecule has 1 saturated heterocycles. The minimum atomic E-state index is -0.359. The van der Waals surface area contributed by atoms with Crippen LogP contribution in [0.5, 0.6) is 0 Å². The van der Waals surface area contributed by atoms with Crippen molar-refractivity contribution < 1.29 is 4.79 Å². The number of pyridine rings is 2. The largest absolute Gasteiger partial charge is 0.331 e. The quantitative estimate of drug-likeness (QED) is 0.112. The molecule has 6 rings (SSSR count). The second-order valence-corrected chi connectivity index (χ2v) is 9.95. The van der Waals surface area contributed by atoms with E-state index in [0.717, 1.165) is 39.1 Å². The number of imidazole rings is 1. The standard InChI is InChI=1S/C26H22Cl2N10O/c1-14-23(22-19(27)4-3-5-20(22)28)33-25-18-8-15(9-31-21(18)6-7-37(14)25)16-10-32-38(11-16)17-12-36(13-17)26(39)24(34-29)35-30-2/h3-11,17H,12-13,29H2,1-2H3. The predicted molar refractivity (Wildman–Crippen MR) is 150 cm³/mol. The van der Waals surface area contributed by atoms with Gasteiger partial charge in [-0.3, -0.25) is 14.5 Å². The van der Waals surface area contributed by atoms with Crippen molar-refractivity contribution in [1.29, 1.82) is 0 Å². The second kappa shape index (κ2) is 9.75. The van der Waals surface area contributed by atoms with Gasteiger partial charge in [0, 0.05) is 66.5 Å². The van der Waals surface area contributed by atoms with Gasteiger partial charge in [0.2, 0.25) is 0 Å². The van der Waals surface area contributed by atoms with E-state index in [1.807, 2.05) is 46.7 Å². The highest BCUT2D eigenvalue weighted by Crippen LogP contribution is 2.37. The van der Waals surface area contributed by atoms with Gasteiger partial charge in [0.05, 0.1) is 33.5 Å². The summed E-state index contributed by atoms with van der Waals surface area (Å²) in [5.74, 6) is 4.78. The highest BCUT2D eigenvalue weighted by Gasteiger charge is 2.35. The maximum atomic E-state index is 12.4. The predicted octanol–water partition coefficient (Wildman–Crippen LogP) is 4.77. The molecule has 1 amide bonds. The second-order valence-electron chi connectivity index (χ2n) is 9.13. The van der Waals surface area contributed by atoms with E-state index in [2.05, 4.69) is 31.5 Å². The molecule has 0 atom stereocenters. The normalized spacial score (nSPS) is 14.6. The van der Waals surface area contributed by atoms with E-state index in [0.29, 0.717) is 28.7 Å². The minimum Gasteiger partial charge on any atom is -0.331 e. The van der Waals surface area contributed by atoms with Crippen LogP contribution < -0.4 is 5.84 Å². The number of benzene rings is 1. The molecule has 2 N–H and O–H groups in total. The Balaban J connectivity index is 1.31. The number of carbonyl (C=O) groups excluding carboxylic acids is 1. The van der Waals surface area contributed by atoms with Crippen molar-refractivity contribution in [2.24, 2.45) is 21.2 Å². The zero-order valence-corrected chi connectivity index (χ0v) is 22.5. The maximum Gasteiger partial charge on any atom is 0.295 e. The maximum absolute atomic E-state index is 12.4. The first-order valence-corrected chi connectivity index (χ1v) is 12.8. The lowest BCUT2D eigenvalue weighted by atomic mass is 10.1. The van der Waals surface area contributed by atoms with E-state index in [4.69, 9.17) is 34.0 Å². The highest BCUT2D eigenvalue weighted by atomic mass is 35.5. The van der Waals surface area contributed by atoms with Gasteiger partial charge < -0.3 is 15.1 Å². The number of hydrazone groups is 1. The van der Waals surface area contributed by atoms with Crippen molar-refractivity contribution in [2.75, 3.05) is 20.1 Å². The monoisotopic (exact) mass is 560 g/mol. The number of aromatic nitrogens is 5. The molecule has 5 heterocycles. The number of likely N-dealkylation sites (tertiary alicyclic amines) is 1. The van der Waals surface area contributed by atoms with Crippen LogP contribution in [0.1, 0.15) is 11.7 Å². The lowest BCUT2D eigenvalue weighted by molar-refractivity contribution is -0.129. The van der Waals surface area contributed by atoms with Crippen LogP contribution in [0.25, 0.3) is 38.9 Å². The number of rotatable bonds is 3. The third-order valence-corrected chi connectivity index (χ3v) is 7.49. The van der Waals surface area contributed by atoms with E-state index in [9.17, 15) is 4.79 Å². The summed E-state index contributed by atoms with van der Waals surface area (Å²) in [6.45, 7) is 2.92. The minimum absolute atomic E-state index is 0.0262. The Morgan fingerprint density at radius 3 is 2.62 bits per heavy atom. The van der Waals surface area contributed by atoms with E-state index < -0.39 is 0 Å². The average Bonchev–Trinajstić information content (AvgIpc) is 3.51. The van der Waals surface area contributed by atoms with E-state index >= 15 is 0 Å². The molecule has 196 valence electrons. The molecule has 39 heavy (non-hydrogen) atoms. The third-order valence-electron chi connectivity index (χ3n) is 6.86. The number of fused-ring (bicyclic) bond motifs is 3. The van der Waals surface area contributed by atoms with Crippen molar-refractivity contribution in [3.63, 3.8) is 0 Å². The van der Waals surface area contributed by atoms with Crippen LogP contribution in [0.15, 0.2) is 70.4 Å². The zero-order chi connectivity index (χ0) is 27.3. The van der Waals surface area contributed by atoms with Gasteiger partial charge in [0.25, 0.3) is 11.7 Å². The first-order valence-electron chi connectivity index (χ1n) is 12.0. The Morgan fingerprint density at radius 2 is 1.90 bits per heavy atom. The summed E-state index contributed by atoms with van der Waals surface area (Å²) in [6.07, 6.45) is 7.51. The highest BCUT2D eigenvalue weighted by molar-refractivity contribution is 6.39. The lowest BCUT2D eigenvalue weighted by Gasteiger charge is -2.38. The number of halogens is 2. The van der Waals surface area contributed by atoms with Gasteiger partial charge in [0.1, 0.15) is 5.65 Å². The van der Waals surface area contributed by atoms with Crippen LogP contribution in [0.4, 0.5) is 0 Å². The van der Waals surface area contributed by atoms with Crippen LogP contribution >= 0.6 is 23.2 Å². The molecule has 0 aliphatic carbocycles. The molecule has 4 aromatic heterocycles. The van der Waals surface area contributed by atoms with Crippen molar-refractivity contribution in [3.8, 4) is 22.4 Å². The topological polar surface area (TPSA) is 131 Å². The molecular formula is C26H22Cl2N10O. The number of hydrogen-bond donors (Lipinski definition) is 1. The Hall–Kier alpha value is -4.35. The van der Waals surface area contributed by atoms with Gasteiger partial charge >= 0.3 is 0 Å². The van der Waals surface area contributed by atoms with Crippen molar-refractivity contribution in [2.45, 2.75) is 13.0 Å². The summed E-state index contributed by atoms with van der Waals surface area (Å²) in [5, 5.41) is 17.2. The van der Waals surface area contributed by atoms with Gasteiger partial charge in [-0.1, -0.05) is 29.3 Å². The molecule has 11 nitrogen and oxygen atoms in total. The van der Waals surface area contributed by atoms with E-state index in [-0.39, 0.29) is 17.8 Å². The summed E-state index contributed by atoms with van der Waals surface area (Å²) in [4.78, 5) is 23.7. The number of nitrogens with zero attached hydrogens (tertiary/aromatic N) is 9. The fourth-order valence-electron chi connectivity index (χ4n) is 4.77. The van der Waals surface area contributed by atoms with E-state index in [1.165, 1.54) is 7.05 Å². The van der Waals surface area contributed by atoms with Gasteiger partial charge in [-0.05, 0) is 31.2 Å². The molecule has 1 aromatic carbocycles. The Kier molecular flexibility index (Phi) is 6.24. The number of amides is 1. The molecule has 13 heteroatoms. The fourth-order valence-corrected chi connectivity index (χ4v) is 5.35. The molecule has 1 aliphatic heterocycles. The van der Waals surface area contributed by atoms with Crippen LogP contribution in [0.2, 0.25) is 10.0 Å². The average molecular weight is 561 g/mol. The third kappa shape index (κ3) is 4.19. The molecule has 0 unspecified atom stereocenters. The number of hydrogen-bond acceptors (Lipinski definition) is 7. The Labute approximate surface area is 232 Å². The fraction of sp³-hybridized carbons (Fsp3) is 0.192. The van der Waals surface area contributed by atoms with Crippen molar-refractivity contribution in [3.05, 3.63) is 70.9 Å². The smallest absolute Gasteiger partial charge is 0.295 e. The molecule has 0 bridgehead atoms. The SMILES string of the molecule is CN=NC(=NN)C(=O)N1CC(n2cc(-c3cnc4ccn5c(C)c(-c6c(Cl)cccc6Cl)nc5c4c3)cn2)C1. The van der Waals surface area contributed by atoms with Gasteiger partial charge in [-0.15, -0.1) is 5.11 Å². The molecule has 0 radical (unpaired) electrons. The number of carbonyl (C=O) groups is 1. The van der Waals surface area contributed by atoms with Gasteiger partial charge in [-0.2, -0.15) is 15.3 Å². The summed E-state index contributed by atoms with van der Waals surface area (Å²) < 4.78 is 3.87. The number of azo groups is 1. The first-order chi connectivity index (χ1) is 18.9. The number of aryl methyl sites for hydroxylation is 1. The lowest BCUT2D eigenvalue weighted by Crippen LogP contribution is -2.52. The summed E-state index contributed by atoms with van der Waals surface area (Å²) in [5.41, 5.74) is 5.72.